The summed E-state index contributed by atoms with van der Waals surface area (Å²) in [5.74, 6) is 0.961. The number of nitrogens with one attached hydrogen (secondary N) is 1. The second-order valence-electron chi connectivity index (χ2n) is 3.86. The molecule has 82 valence electrons. The summed E-state index contributed by atoms with van der Waals surface area (Å²) >= 11 is 1.76. The third kappa shape index (κ3) is 1.30. The van der Waals surface area contributed by atoms with Crippen LogP contribution in [0.15, 0.2) is 23.7 Å². The number of aromatic amines is 1. The van der Waals surface area contributed by atoms with Gasteiger partial charge in [-0.1, -0.05) is 6.92 Å². The fourth-order valence-electron chi connectivity index (χ4n) is 1.95. The Balaban J connectivity index is 2.17. The summed E-state index contributed by atoms with van der Waals surface area (Å²) in [4.78, 5) is 9.10. The van der Waals surface area contributed by atoms with Crippen LogP contribution in [0.1, 0.15) is 12.6 Å². The van der Waals surface area contributed by atoms with Gasteiger partial charge in [0.1, 0.15) is 4.83 Å². The van der Waals surface area contributed by atoms with E-state index in [2.05, 4.69) is 46.0 Å². The Labute approximate surface area is 97.8 Å². The van der Waals surface area contributed by atoms with Gasteiger partial charge in [-0.2, -0.15) is 0 Å². The first-order valence-corrected chi connectivity index (χ1v) is 6.25. The molecule has 0 bridgehead atoms. The zero-order valence-electron chi connectivity index (χ0n) is 9.32. The molecule has 0 fully saturated rings. The van der Waals surface area contributed by atoms with E-state index in [-0.39, 0.29) is 0 Å². The maximum atomic E-state index is 4.56. The van der Waals surface area contributed by atoms with E-state index >= 15 is 0 Å². The summed E-state index contributed by atoms with van der Waals surface area (Å²) in [6, 6.07) is 4.33. The van der Waals surface area contributed by atoms with Crippen molar-refractivity contribution in [2.45, 2.75) is 13.3 Å². The summed E-state index contributed by atoms with van der Waals surface area (Å²) in [6.07, 6.45) is 2.95. The lowest BCUT2D eigenvalue weighted by molar-refractivity contribution is 0.969. The molecule has 0 aromatic carbocycles. The normalized spacial score (nSPS) is 11.4. The number of imidazole rings is 1. The molecule has 0 atom stereocenters. The lowest BCUT2D eigenvalue weighted by atomic mass is 10.3. The first-order chi connectivity index (χ1) is 7.79. The average molecular weight is 231 g/mol. The van der Waals surface area contributed by atoms with Crippen molar-refractivity contribution in [2.24, 2.45) is 7.05 Å². The number of thiophene rings is 1. The van der Waals surface area contributed by atoms with Crippen LogP contribution < -0.4 is 0 Å². The summed E-state index contributed by atoms with van der Waals surface area (Å²) in [5.41, 5.74) is 2.26. The highest BCUT2D eigenvalue weighted by Crippen LogP contribution is 2.28. The Morgan fingerprint density at radius 2 is 2.38 bits per heavy atom. The molecule has 4 heteroatoms. The van der Waals surface area contributed by atoms with Gasteiger partial charge in [0.05, 0.1) is 11.4 Å². The van der Waals surface area contributed by atoms with Crippen LogP contribution in [0.5, 0.6) is 0 Å². The molecular weight excluding hydrogens is 218 g/mol. The third-order valence-electron chi connectivity index (χ3n) is 2.87. The molecular formula is C12H13N3S. The molecule has 0 unspecified atom stereocenters. The Morgan fingerprint density at radius 1 is 1.50 bits per heavy atom. The van der Waals surface area contributed by atoms with E-state index < -0.39 is 0 Å². The zero-order chi connectivity index (χ0) is 11.1. The van der Waals surface area contributed by atoms with Gasteiger partial charge in [0, 0.05) is 18.6 Å². The zero-order valence-corrected chi connectivity index (χ0v) is 10.1. The van der Waals surface area contributed by atoms with Crippen LogP contribution in [0.4, 0.5) is 0 Å². The van der Waals surface area contributed by atoms with Crippen molar-refractivity contribution in [1.82, 2.24) is 14.5 Å². The minimum Gasteiger partial charge on any atom is -0.343 e. The van der Waals surface area contributed by atoms with Crippen molar-refractivity contribution in [2.75, 3.05) is 0 Å². The van der Waals surface area contributed by atoms with Gasteiger partial charge < -0.3 is 9.55 Å². The molecule has 3 nitrogen and oxygen atoms in total. The molecule has 3 aromatic heterocycles. The van der Waals surface area contributed by atoms with E-state index in [1.807, 2.05) is 6.20 Å². The maximum Gasteiger partial charge on any atom is 0.154 e. The maximum absolute atomic E-state index is 4.56. The largest absolute Gasteiger partial charge is 0.343 e. The lowest BCUT2D eigenvalue weighted by Gasteiger charge is -1.99. The Hall–Kier alpha value is -1.55. The van der Waals surface area contributed by atoms with Gasteiger partial charge in [-0.15, -0.1) is 11.3 Å². The van der Waals surface area contributed by atoms with E-state index in [0.717, 1.165) is 23.6 Å². The molecule has 0 spiro atoms. The Morgan fingerprint density at radius 3 is 3.06 bits per heavy atom. The highest BCUT2D eigenvalue weighted by Gasteiger charge is 2.11. The van der Waals surface area contributed by atoms with Crippen LogP contribution in [0.3, 0.4) is 0 Å². The van der Waals surface area contributed by atoms with Gasteiger partial charge in [-0.25, -0.2) is 4.98 Å². The Kier molecular flexibility index (Phi) is 2.11. The Bertz CT molecular complexity index is 630. The predicted molar refractivity (Wildman–Crippen MR) is 67.8 cm³/mol. The van der Waals surface area contributed by atoms with Crippen LogP contribution in [-0.4, -0.2) is 14.5 Å². The van der Waals surface area contributed by atoms with Crippen molar-refractivity contribution in [1.29, 1.82) is 0 Å². The molecule has 0 amide bonds. The number of aromatic nitrogens is 3. The number of H-pyrrole nitrogens is 1. The highest BCUT2D eigenvalue weighted by molar-refractivity contribution is 7.16. The molecule has 0 radical (unpaired) electrons. The minimum atomic E-state index is 0.961. The monoisotopic (exact) mass is 231 g/mol. The second kappa shape index (κ2) is 3.49. The molecule has 0 aliphatic carbocycles. The van der Waals surface area contributed by atoms with Crippen molar-refractivity contribution in [3.63, 3.8) is 0 Å². The number of hydrogen-bond donors (Lipinski definition) is 1. The van der Waals surface area contributed by atoms with E-state index in [1.54, 1.807) is 11.3 Å². The van der Waals surface area contributed by atoms with Crippen molar-refractivity contribution < 1.29 is 0 Å². The summed E-state index contributed by atoms with van der Waals surface area (Å²) in [6.45, 7) is 2.11. The standard InChI is InChI=1S/C12H13N3S/c1-3-9-7-13-11(14-9)10-6-8-4-5-16-12(8)15(10)2/h4-7H,3H2,1-2H3,(H,13,14). The van der Waals surface area contributed by atoms with Crippen molar-refractivity contribution in [3.8, 4) is 11.5 Å². The van der Waals surface area contributed by atoms with Gasteiger partial charge >= 0.3 is 0 Å². The minimum absolute atomic E-state index is 0.961. The second-order valence-corrected chi connectivity index (χ2v) is 4.76. The molecule has 0 aliphatic rings. The highest BCUT2D eigenvalue weighted by atomic mass is 32.1. The topological polar surface area (TPSA) is 33.6 Å². The van der Waals surface area contributed by atoms with Gasteiger partial charge in [-0.3, -0.25) is 0 Å². The fraction of sp³-hybridized carbons (Fsp3) is 0.250. The van der Waals surface area contributed by atoms with Crippen LogP contribution in [-0.2, 0) is 13.5 Å². The quantitative estimate of drug-likeness (QED) is 0.722. The predicted octanol–water partition coefficient (Wildman–Crippen LogP) is 3.19. The third-order valence-corrected chi connectivity index (χ3v) is 3.87. The van der Waals surface area contributed by atoms with E-state index in [9.17, 15) is 0 Å². The average Bonchev–Trinajstić information content (AvgIpc) is 2.96. The fourth-order valence-corrected chi connectivity index (χ4v) is 2.81. The number of aryl methyl sites for hydroxylation is 2. The van der Waals surface area contributed by atoms with Gasteiger partial charge in [0.2, 0.25) is 0 Å². The number of rotatable bonds is 2. The molecule has 3 heterocycles. The summed E-state index contributed by atoms with van der Waals surface area (Å²) < 4.78 is 2.19. The van der Waals surface area contributed by atoms with Crippen LogP contribution in [0.25, 0.3) is 21.7 Å². The SMILES string of the molecule is CCc1c[nH]c(-c2cc3ccsc3n2C)n1. The van der Waals surface area contributed by atoms with E-state index in [0.29, 0.717) is 0 Å². The van der Waals surface area contributed by atoms with E-state index in [4.69, 9.17) is 0 Å². The number of hydrogen-bond acceptors (Lipinski definition) is 2. The van der Waals surface area contributed by atoms with Crippen molar-refractivity contribution in [3.05, 3.63) is 29.4 Å². The van der Waals surface area contributed by atoms with Gasteiger partial charge in [0.25, 0.3) is 0 Å². The summed E-state index contributed by atoms with van der Waals surface area (Å²) in [7, 11) is 2.09. The molecule has 1 N–H and O–H groups in total. The smallest absolute Gasteiger partial charge is 0.154 e. The first-order valence-electron chi connectivity index (χ1n) is 5.37. The molecule has 0 saturated carbocycles. The number of fused-ring (bicyclic) bond motifs is 1. The van der Waals surface area contributed by atoms with Crippen molar-refractivity contribution >= 4 is 21.6 Å². The van der Waals surface area contributed by atoms with Gasteiger partial charge in [0.15, 0.2) is 5.82 Å². The van der Waals surface area contributed by atoms with E-state index in [1.165, 1.54) is 10.2 Å². The first kappa shape index (κ1) is 9.66. The summed E-state index contributed by atoms with van der Waals surface area (Å²) in [5, 5.41) is 3.41. The molecule has 3 aromatic rings. The number of nitrogens with zero attached hydrogens (tertiary/aromatic N) is 2. The molecule has 16 heavy (non-hydrogen) atoms. The molecule has 0 saturated heterocycles. The van der Waals surface area contributed by atoms with Crippen LogP contribution in [0, 0.1) is 0 Å². The molecule has 3 rings (SSSR count). The van der Waals surface area contributed by atoms with Gasteiger partial charge in [-0.05, 0) is 23.9 Å². The lowest BCUT2D eigenvalue weighted by Crippen LogP contribution is -1.91. The molecule has 0 aliphatic heterocycles. The van der Waals surface area contributed by atoms with Crippen LogP contribution >= 0.6 is 11.3 Å². The van der Waals surface area contributed by atoms with Crippen LogP contribution in [0.2, 0.25) is 0 Å².